The van der Waals surface area contributed by atoms with Gasteiger partial charge < -0.3 is 4.74 Å². The van der Waals surface area contributed by atoms with Crippen molar-refractivity contribution >= 4 is 23.4 Å². The molecule has 0 heterocycles. The largest absolute Gasteiger partial charge is 0.461 e. The fourth-order valence-electron chi connectivity index (χ4n) is 2.80. The third-order valence-corrected chi connectivity index (χ3v) is 4.08. The van der Waals surface area contributed by atoms with E-state index in [1.807, 2.05) is 12.1 Å². The van der Waals surface area contributed by atoms with Gasteiger partial charge in [0.2, 0.25) is 0 Å². The first-order valence-electron chi connectivity index (χ1n) is 6.10. The van der Waals surface area contributed by atoms with Gasteiger partial charge in [0, 0.05) is 17.4 Å². The molecule has 0 amide bonds. The van der Waals surface area contributed by atoms with Crippen molar-refractivity contribution in [3.63, 3.8) is 0 Å². The summed E-state index contributed by atoms with van der Waals surface area (Å²) in [5.41, 5.74) is 0.907. The lowest BCUT2D eigenvalue weighted by atomic mass is 10.1. The number of carbonyl (C=O) groups is 2. The van der Waals surface area contributed by atoms with E-state index in [-0.39, 0.29) is 36.1 Å². The van der Waals surface area contributed by atoms with Gasteiger partial charge in [-0.15, -0.1) is 0 Å². The number of carbonyl (C=O) groups excluding carboxylic acids is 2. The molecule has 0 spiro atoms. The molecule has 0 radical (unpaired) electrons. The number of ketones is 1. The first-order chi connectivity index (χ1) is 8.66. The number of hydrogen-bond donors (Lipinski definition) is 0. The van der Waals surface area contributed by atoms with E-state index in [0.717, 1.165) is 12.0 Å². The van der Waals surface area contributed by atoms with Crippen LogP contribution in [0.15, 0.2) is 24.3 Å². The van der Waals surface area contributed by atoms with Crippen molar-refractivity contribution in [2.75, 3.05) is 0 Å². The molecule has 94 valence electrons. The van der Waals surface area contributed by atoms with Gasteiger partial charge in [-0.3, -0.25) is 9.59 Å². The minimum absolute atomic E-state index is 0.0392. The first-order valence-corrected chi connectivity index (χ1v) is 6.48. The van der Waals surface area contributed by atoms with E-state index in [1.54, 1.807) is 12.1 Å². The van der Waals surface area contributed by atoms with Crippen molar-refractivity contribution in [3.8, 4) is 0 Å². The Kier molecular flexibility index (Phi) is 2.86. The average Bonchev–Trinajstić information content (AvgIpc) is 2.99. The van der Waals surface area contributed by atoms with E-state index in [1.165, 1.54) is 0 Å². The molecule has 0 N–H and O–H groups in total. The first kappa shape index (κ1) is 11.7. The van der Waals surface area contributed by atoms with E-state index >= 15 is 0 Å². The standard InChI is InChI=1S/C14H13ClO3/c15-9-3-1-8(2-4-9)7-18-14(17)13-10-5-6-11(16)12(10)13/h1-4,10,12-13H,5-7H2. The molecule has 3 unspecified atom stereocenters. The number of rotatable bonds is 3. The molecule has 4 heteroatoms. The van der Waals surface area contributed by atoms with E-state index in [2.05, 4.69) is 0 Å². The highest BCUT2D eigenvalue weighted by Gasteiger charge is 2.62. The van der Waals surface area contributed by atoms with Gasteiger partial charge in [-0.05, 0) is 30.0 Å². The highest BCUT2D eigenvalue weighted by molar-refractivity contribution is 6.30. The molecule has 3 nitrogen and oxygen atoms in total. The molecule has 1 aromatic rings. The third-order valence-electron chi connectivity index (χ3n) is 3.83. The zero-order valence-corrected chi connectivity index (χ0v) is 10.5. The van der Waals surface area contributed by atoms with Crippen molar-refractivity contribution in [2.45, 2.75) is 19.4 Å². The second-order valence-electron chi connectivity index (χ2n) is 4.95. The molecule has 0 bridgehead atoms. The predicted molar refractivity (Wildman–Crippen MR) is 66.0 cm³/mol. The van der Waals surface area contributed by atoms with Crippen LogP contribution in [-0.2, 0) is 20.9 Å². The Bertz CT molecular complexity index is 494. The number of halogens is 1. The van der Waals surface area contributed by atoms with Gasteiger partial charge in [0.15, 0.2) is 0 Å². The van der Waals surface area contributed by atoms with Crippen LogP contribution in [0, 0.1) is 17.8 Å². The summed E-state index contributed by atoms with van der Waals surface area (Å²) >= 11 is 5.77. The summed E-state index contributed by atoms with van der Waals surface area (Å²) < 4.78 is 5.24. The number of esters is 1. The monoisotopic (exact) mass is 264 g/mol. The van der Waals surface area contributed by atoms with Crippen LogP contribution in [-0.4, -0.2) is 11.8 Å². The average molecular weight is 265 g/mol. The lowest BCUT2D eigenvalue weighted by Crippen LogP contribution is -2.13. The fourth-order valence-corrected chi connectivity index (χ4v) is 2.93. The number of ether oxygens (including phenoxy) is 1. The quantitative estimate of drug-likeness (QED) is 0.788. The zero-order valence-electron chi connectivity index (χ0n) is 9.77. The number of Topliss-reactive ketones (excluding diaryl/α,β-unsaturated/α-hetero) is 1. The SMILES string of the molecule is O=C1CCC2C1C2C(=O)OCc1ccc(Cl)cc1. The number of hydrogen-bond acceptors (Lipinski definition) is 3. The zero-order chi connectivity index (χ0) is 12.7. The van der Waals surface area contributed by atoms with Gasteiger partial charge >= 0.3 is 5.97 Å². The van der Waals surface area contributed by atoms with Crippen LogP contribution in [0.1, 0.15) is 18.4 Å². The fraction of sp³-hybridized carbons (Fsp3) is 0.429. The predicted octanol–water partition coefficient (Wildman–Crippen LogP) is 2.61. The molecular weight excluding hydrogens is 252 g/mol. The van der Waals surface area contributed by atoms with E-state index in [4.69, 9.17) is 16.3 Å². The van der Waals surface area contributed by atoms with Gasteiger partial charge in [-0.25, -0.2) is 0 Å². The van der Waals surface area contributed by atoms with Crippen molar-refractivity contribution in [1.82, 2.24) is 0 Å². The second kappa shape index (κ2) is 4.39. The Morgan fingerprint density at radius 2 is 2.06 bits per heavy atom. The van der Waals surface area contributed by atoms with Crippen molar-refractivity contribution in [2.24, 2.45) is 17.8 Å². The Balaban J connectivity index is 1.54. The normalized spacial score (nSPS) is 28.9. The lowest BCUT2D eigenvalue weighted by Gasteiger charge is -2.06. The molecule has 2 saturated carbocycles. The molecule has 1 aromatic carbocycles. The van der Waals surface area contributed by atoms with E-state index in [0.29, 0.717) is 11.4 Å². The smallest absolute Gasteiger partial charge is 0.310 e. The molecular formula is C14H13ClO3. The van der Waals surface area contributed by atoms with Crippen molar-refractivity contribution in [1.29, 1.82) is 0 Å². The molecule has 0 aromatic heterocycles. The maximum Gasteiger partial charge on any atom is 0.310 e. The Hall–Kier alpha value is -1.35. The molecule has 3 atom stereocenters. The minimum atomic E-state index is -0.229. The van der Waals surface area contributed by atoms with Crippen molar-refractivity contribution in [3.05, 3.63) is 34.9 Å². The number of fused-ring (bicyclic) bond motifs is 1. The minimum Gasteiger partial charge on any atom is -0.461 e. The summed E-state index contributed by atoms with van der Waals surface area (Å²) in [5, 5.41) is 0.660. The van der Waals surface area contributed by atoms with E-state index < -0.39 is 0 Å². The second-order valence-corrected chi connectivity index (χ2v) is 5.39. The van der Waals surface area contributed by atoms with Crippen LogP contribution in [0.25, 0.3) is 0 Å². The summed E-state index contributed by atoms with van der Waals surface area (Å²) in [6, 6.07) is 7.18. The highest BCUT2D eigenvalue weighted by Crippen LogP contribution is 2.55. The Morgan fingerprint density at radius 3 is 2.67 bits per heavy atom. The van der Waals surface area contributed by atoms with Crippen LogP contribution in [0.5, 0.6) is 0 Å². The summed E-state index contributed by atoms with van der Waals surface area (Å²) in [4.78, 5) is 23.2. The molecule has 0 aliphatic heterocycles. The topological polar surface area (TPSA) is 43.4 Å². The highest BCUT2D eigenvalue weighted by atomic mass is 35.5. The van der Waals surface area contributed by atoms with Crippen LogP contribution in [0.2, 0.25) is 5.02 Å². The van der Waals surface area contributed by atoms with Crippen LogP contribution in [0.4, 0.5) is 0 Å². The Labute approximate surface area is 110 Å². The number of benzene rings is 1. The van der Waals surface area contributed by atoms with Gasteiger partial charge in [-0.1, -0.05) is 23.7 Å². The lowest BCUT2D eigenvalue weighted by molar-refractivity contribution is -0.148. The molecule has 2 aliphatic rings. The Morgan fingerprint density at radius 1 is 1.33 bits per heavy atom. The molecule has 2 fully saturated rings. The summed E-state index contributed by atoms with van der Waals surface area (Å²) in [6.45, 7) is 0.250. The molecule has 2 aliphatic carbocycles. The summed E-state index contributed by atoms with van der Waals surface area (Å²) in [6.07, 6.45) is 1.49. The van der Waals surface area contributed by atoms with Crippen LogP contribution in [0.3, 0.4) is 0 Å². The van der Waals surface area contributed by atoms with Gasteiger partial charge in [-0.2, -0.15) is 0 Å². The summed E-state index contributed by atoms with van der Waals surface area (Å²) in [5.74, 6) is 0.0536. The van der Waals surface area contributed by atoms with Gasteiger partial charge in [0.1, 0.15) is 12.4 Å². The van der Waals surface area contributed by atoms with Crippen molar-refractivity contribution < 1.29 is 14.3 Å². The molecule has 18 heavy (non-hydrogen) atoms. The third kappa shape index (κ3) is 2.03. The van der Waals surface area contributed by atoms with E-state index in [9.17, 15) is 9.59 Å². The maximum absolute atomic E-state index is 11.8. The van der Waals surface area contributed by atoms with Crippen LogP contribution < -0.4 is 0 Å². The van der Waals surface area contributed by atoms with Crippen LogP contribution >= 0.6 is 11.6 Å². The summed E-state index contributed by atoms with van der Waals surface area (Å²) in [7, 11) is 0. The molecule has 0 saturated heterocycles. The molecule has 3 rings (SSSR count). The van der Waals surface area contributed by atoms with Gasteiger partial charge in [0.05, 0.1) is 5.92 Å². The maximum atomic E-state index is 11.8. The van der Waals surface area contributed by atoms with Gasteiger partial charge in [0.25, 0.3) is 0 Å².